The lowest BCUT2D eigenvalue weighted by Crippen LogP contribution is -2.10. The smallest absolute Gasteiger partial charge is 0.267 e. The molecule has 1 N–H and O–H groups in total. The highest BCUT2D eigenvalue weighted by molar-refractivity contribution is 7.16. The van der Waals surface area contributed by atoms with Crippen LogP contribution in [0.15, 0.2) is 17.5 Å². The first-order valence-corrected chi connectivity index (χ1v) is 7.75. The van der Waals surface area contributed by atoms with Crippen molar-refractivity contribution < 1.29 is 4.79 Å². The van der Waals surface area contributed by atoms with Gasteiger partial charge in [0.2, 0.25) is 0 Å². The molecule has 0 saturated heterocycles. The van der Waals surface area contributed by atoms with Gasteiger partial charge in [-0.15, -0.1) is 22.7 Å². The molecule has 1 amide bonds. The van der Waals surface area contributed by atoms with Crippen molar-refractivity contribution in [2.24, 2.45) is 5.92 Å². The highest BCUT2D eigenvalue weighted by Gasteiger charge is 2.20. The van der Waals surface area contributed by atoms with Gasteiger partial charge in [-0.1, -0.05) is 13.0 Å². The predicted molar refractivity (Wildman–Crippen MR) is 75.6 cm³/mol. The summed E-state index contributed by atoms with van der Waals surface area (Å²) >= 11 is 3.08. The third-order valence-corrected chi connectivity index (χ3v) is 5.06. The first kappa shape index (κ1) is 11.9. The third-order valence-electron chi connectivity index (χ3n) is 3.15. The van der Waals surface area contributed by atoms with E-state index in [1.54, 1.807) is 11.3 Å². The van der Waals surface area contributed by atoms with Crippen LogP contribution in [0.25, 0.3) is 0 Å². The zero-order chi connectivity index (χ0) is 12.5. The van der Waals surface area contributed by atoms with Gasteiger partial charge in [0.15, 0.2) is 5.13 Å². The van der Waals surface area contributed by atoms with Gasteiger partial charge in [-0.3, -0.25) is 10.1 Å². The SMILES string of the molecule is C[C@@H]1CCc2nc(NC(=O)c3cccs3)sc2C1. The largest absolute Gasteiger partial charge is 0.297 e. The predicted octanol–water partition coefficient (Wildman–Crippen LogP) is 3.58. The first-order chi connectivity index (χ1) is 8.72. The van der Waals surface area contributed by atoms with Crippen LogP contribution < -0.4 is 5.32 Å². The topological polar surface area (TPSA) is 42.0 Å². The number of carbonyl (C=O) groups is 1. The van der Waals surface area contributed by atoms with E-state index in [1.807, 2.05) is 17.5 Å². The van der Waals surface area contributed by atoms with Gasteiger partial charge in [0, 0.05) is 4.88 Å². The van der Waals surface area contributed by atoms with Crippen LogP contribution >= 0.6 is 22.7 Å². The van der Waals surface area contributed by atoms with Gasteiger partial charge in [-0.05, 0) is 36.6 Å². The van der Waals surface area contributed by atoms with Crippen molar-refractivity contribution in [3.63, 3.8) is 0 Å². The van der Waals surface area contributed by atoms with Crippen LogP contribution in [0.3, 0.4) is 0 Å². The van der Waals surface area contributed by atoms with Gasteiger partial charge in [-0.25, -0.2) is 4.98 Å². The van der Waals surface area contributed by atoms with E-state index in [0.717, 1.165) is 28.8 Å². The maximum Gasteiger partial charge on any atom is 0.267 e. The van der Waals surface area contributed by atoms with Gasteiger partial charge < -0.3 is 0 Å². The molecule has 1 aliphatic rings. The Morgan fingerprint density at radius 1 is 1.56 bits per heavy atom. The summed E-state index contributed by atoms with van der Waals surface area (Å²) in [5, 5.41) is 5.54. The molecule has 2 heterocycles. The molecule has 0 spiro atoms. The number of amides is 1. The van der Waals surface area contributed by atoms with E-state index in [0.29, 0.717) is 0 Å². The molecule has 5 heteroatoms. The number of thiazole rings is 1. The molecule has 3 nitrogen and oxygen atoms in total. The average Bonchev–Trinajstić information content (AvgIpc) is 2.95. The fraction of sp³-hybridized carbons (Fsp3) is 0.385. The van der Waals surface area contributed by atoms with Crippen LogP contribution in [-0.2, 0) is 12.8 Å². The van der Waals surface area contributed by atoms with Crippen molar-refractivity contribution in [3.8, 4) is 0 Å². The lowest BCUT2D eigenvalue weighted by atomic mass is 9.93. The van der Waals surface area contributed by atoms with Crippen molar-refractivity contribution in [1.29, 1.82) is 0 Å². The summed E-state index contributed by atoms with van der Waals surface area (Å²) < 4.78 is 0. The number of aryl methyl sites for hydroxylation is 1. The summed E-state index contributed by atoms with van der Waals surface area (Å²) in [4.78, 5) is 18.5. The molecule has 0 radical (unpaired) electrons. The number of hydrogen-bond acceptors (Lipinski definition) is 4. The van der Waals surface area contributed by atoms with E-state index in [9.17, 15) is 4.79 Å². The number of aromatic nitrogens is 1. The van der Waals surface area contributed by atoms with Crippen LogP contribution in [0.2, 0.25) is 0 Å². The summed E-state index contributed by atoms with van der Waals surface area (Å²) in [6.07, 6.45) is 3.35. The van der Waals surface area contributed by atoms with E-state index >= 15 is 0 Å². The molecule has 1 aliphatic carbocycles. The number of nitrogens with one attached hydrogen (secondary N) is 1. The van der Waals surface area contributed by atoms with Crippen molar-refractivity contribution in [2.45, 2.75) is 26.2 Å². The molecular weight excluding hydrogens is 264 g/mol. The highest BCUT2D eigenvalue weighted by atomic mass is 32.1. The Hall–Kier alpha value is -1.20. The summed E-state index contributed by atoms with van der Waals surface area (Å²) in [7, 11) is 0. The highest BCUT2D eigenvalue weighted by Crippen LogP contribution is 2.32. The lowest BCUT2D eigenvalue weighted by molar-refractivity contribution is 0.103. The van der Waals surface area contributed by atoms with Gasteiger partial charge in [0.1, 0.15) is 0 Å². The molecule has 94 valence electrons. The van der Waals surface area contributed by atoms with E-state index < -0.39 is 0 Å². The molecule has 2 aromatic heterocycles. The normalized spacial score (nSPS) is 18.4. The molecule has 0 aliphatic heterocycles. The Morgan fingerprint density at radius 3 is 3.22 bits per heavy atom. The van der Waals surface area contributed by atoms with Gasteiger partial charge in [0.05, 0.1) is 10.6 Å². The monoisotopic (exact) mass is 278 g/mol. The second-order valence-corrected chi connectivity index (χ2v) is 6.70. The third kappa shape index (κ3) is 2.33. The maximum atomic E-state index is 11.9. The van der Waals surface area contributed by atoms with Crippen LogP contribution in [-0.4, -0.2) is 10.9 Å². The van der Waals surface area contributed by atoms with E-state index in [-0.39, 0.29) is 5.91 Å². The van der Waals surface area contributed by atoms with E-state index in [1.165, 1.54) is 28.3 Å². The Morgan fingerprint density at radius 2 is 2.44 bits per heavy atom. The molecule has 18 heavy (non-hydrogen) atoms. The molecule has 0 bridgehead atoms. The summed E-state index contributed by atoms with van der Waals surface area (Å²) in [6, 6.07) is 3.71. The van der Waals surface area contributed by atoms with E-state index in [2.05, 4.69) is 17.2 Å². The second-order valence-electron chi connectivity index (χ2n) is 4.67. The quantitative estimate of drug-likeness (QED) is 0.912. The minimum atomic E-state index is -0.0517. The molecule has 3 rings (SSSR count). The summed E-state index contributed by atoms with van der Waals surface area (Å²) in [6.45, 7) is 2.27. The minimum Gasteiger partial charge on any atom is -0.297 e. The molecule has 0 aromatic carbocycles. The molecule has 1 atom stereocenters. The van der Waals surface area contributed by atoms with Gasteiger partial charge in [-0.2, -0.15) is 0 Å². The Balaban J connectivity index is 1.76. The van der Waals surface area contributed by atoms with Crippen LogP contribution in [0, 0.1) is 5.92 Å². The maximum absolute atomic E-state index is 11.9. The number of thiophene rings is 1. The average molecular weight is 278 g/mol. The first-order valence-electron chi connectivity index (χ1n) is 6.06. The van der Waals surface area contributed by atoms with Crippen molar-refractivity contribution in [3.05, 3.63) is 33.0 Å². The van der Waals surface area contributed by atoms with Crippen LogP contribution in [0.1, 0.15) is 33.6 Å². The lowest BCUT2D eigenvalue weighted by Gasteiger charge is -2.15. The van der Waals surface area contributed by atoms with Crippen molar-refractivity contribution in [2.75, 3.05) is 5.32 Å². The van der Waals surface area contributed by atoms with Crippen molar-refractivity contribution in [1.82, 2.24) is 4.98 Å². The molecule has 0 fully saturated rings. The zero-order valence-electron chi connectivity index (χ0n) is 10.1. The summed E-state index contributed by atoms with van der Waals surface area (Å²) in [5.41, 5.74) is 1.18. The van der Waals surface area contributed by atoms with Crippen LogP contribution in [0.5, 0.6) is 0 Å². The number of anilines is 1. The number of carbonyl (C=O) groups excluding carboxylic acids is 1. The minimum absolute atomic E-state index is 0.0517. The standard InChI is InChI=1S/C13H14N2OS2/c1-8-4-5-9-11(7-8)18-13(14-9)15-12(16)10-3-2-6-17-10/h2-3,6,8H,4-5,7H2,1H3,(H,14,15,16)/t8-/m1/s1. The Labute approximate surface area is 114 Å². The number of fused-ring (bicyclic) bond motifs is 1. The molecule has 2 aromatic rings. The van der Waals surface area contributed by atoms with Crippen LogP contribution in [0.4, 0.5) is 5.13 Å². The van der Waals surface area contributed by atoms with Gasteiger partial charge >= 0.3 is 0 Å². The Bertz CT molecular complexity index is 560. The van der Waals surface area contributed by atoms with E-state index in [4.69, 9.17) is 0 Å². The number of hydrogen-bond donors (Lipinski definition) is 1. The second kappa shape index (κ2) is 4.82. The molecule has 0 unspecified atom stereocenters. The molecule has 0 saturated carbocycles. The fourth-order valence-corrected chi connectivity index (χ4v) is 3.95. The molecular formula is C13H14N2OS2. The summed E-state index contributed by atoms with van der Waals surface area (Å²) in [5.74, 6) is 0.683. The van der Waals surface area contributed by atoms with Crippen molar-refractivity contribution >= 4 is 33.7 Å². The fourth-order valence-electron chi connectivity index (χ4n) is 2.16. The van der Waals surface area contributed by atoms with Gasteiger partial charge in [0.25, 0.3) is 5.91 Å². The number of rotatable bonds is 2. The number of nitrogens with zero attached hydrogens (tertiary/aromatic N) is 1. The zero-order valence-corrected chi connectivity index (χ0v) is 11.7. The Kier molecular flexibility index (Phi) is 3.18.